The number of aldehydes is 1. The number of methoxy groups -OCH3 is 1. The molecule has 94 valence electrons. The third-order valence-corrected chi connectivity index (χ3v) is 3.01. The molecule has 0 saturated carbocycles. The Balaban J connectivity index is 2.11. The van der Waals surface area contributed by atoms with E-state index >= 15 is 0 Å². The van der Waals surface area contributed by atoms with Crippen LogP contribution in [0.2, 0.25) is 0 Å². The molecule has 0 aliphatic heterocycles. The SMILES string of the molecule is COc1cccc(-c2ccc3nc(C=O)[nH]c3c2)c1. The predicted octanol–water partition coefficient (Wildman–Crippen LogP) is 3.05. The number of carbonyl (C=O) groups is 1. The van der Waals surface area contributed by atoms with Gasteiger partial charge in [0.15, 0.2) is 12.1 Å². The summed E-state index contributed by atoms with van der Waals surface area (Å²) in [6.07, 6.45) is 0.714. The normalized spacial score (nSPS) is 10.6. The highest BCUT2D eigenvalue weighted by atomic mass is 16.5. The third-order valence-electron chi connectivity index (χ3n) is 3.01. The maximum absolute atomic E-state index is 10.7. The maximum Gasteiger partial charge on any atom is 0.185 e. The van der Waals surface area contributed by atoms with E-state index in [1.165, 1.54) is 0 Å². The summed E-state index contributed by atoms with van der Waals surface area (Å²) in [4.78, 5) is 17.8. The van der Waals surface area contributed by atoms with E-state index in [0.29, 0.717) is 12.1 Å². The first kappa shape index (κ1) is 11.5. The predicted molar refractivity (Wildman–Crippen MR) is 73.5 cm³/mol. The molecule has 1 N–H and O–H groups in total. The molecule has 0 spiro atoms. The zero-order chi connectivity index (χ0) is 13.2. The van der Waals surface area contributed by atoms with Gasteiger partial charge < -0.3 is 9.72 Å². The van der Waals surface area contributed by atoms with Gasteiger partial charge in [0, 0.05) is 0 Å². The van der Waals surface area contributed by atoms with Gasteiger partial charge in [-0.25, -0.2) is 4.98 Å². The first-order valence-electron chi connectivity index (χ1n) is 5.89. The van der Waals surface area contributed by atoms with Gasteiger partial charge in [-0.3, -0.25) is 4.79 Å². The van der Waals surface area contributed by atoms with Crippen LogP contribution in [0.3, 0.4) is 0 Å². The van der Waals surface area contributed by atoms with Crippen LogP contribution in [0.15, 0.2) is 42.5 Å². The van der Waals surface area contributed by atoms with Crippen molar-refractivity contribution in [3.63, 3.8) is 0 Å². The number of carbonyl (C=O) groups excluding carboxylic acids is 1. The summed E-state index contributed by atoms with van der Waals surface area (Å²) in [6.45, 7) is 0. The van der Waals surface area contributed by atoms with Crippen molar-refractivity contribution in [2.24, 2.45) is 0 Å². The molecule has 1 heterocycles. The number of imidazole rings is 1. The number of ether oxygens (including phenoxy) is 1. The molecule has 4 heteroatoms. The number of hydrogen-bond donors (Lipinski definition) is 1. The lowest BCUT2D eigenvalue weighted by molar-refractivity contribution is 0.111. The van der Waals surface area contributed by atoms with Crippen LogP contribution in [-0.2, 0) is 0 Å². The molecule has 0 aliphatic carbocycles. The standard InChI is InChI=1S/C15H12N2O2/c1-19-12-4-2-3-10(7-12)11-5-6-13-14(8-11)17-15(9-18)16-13/h2-9H,1H3,(H,16,17). The topological polar surface area (TPSA) is 55.0 Å². The van der Waals surface area contributed by atoms with Crippen LogP contribution in [-0.4, -0.2) is 23.4 Å². The minimum Gasteiger partial charge on any atom is -0.497 e. The minimum absolute atomic E-state index is 0.345. The Morgan fingerprint density at radius 1 is 1.16 bits per heavy atom. The molecule has 19 heavy (non-hydrogen) atoms. The van der Waals surface area contributed by atoms with Gasteiger partial charge in [0.05, 0.1) is 18.1 Å². The van der Waals surface area contributed by atoms with Gasteiger partial charge in [-0.2, -0.15) is 0 Å². The summed E-state index contributed by atoms with van der Waals surface area (Å²) >= 11 is 0. The Labute approximate surface area is 110 Å². The zero-order valence-corrected chi connectivity index (χ0v) is 10.4. The number of H-pyrrole nitrogens is 1. The average Bonchev–Trinajstić information content (AvgIpc) is 2.89. The van der Waals surface area contributed by atoms with E-state index < -0.39 is 0 Å². The van der Waals surface area contributed by atoms with Crippen LogP contribution in [0.1, 0.15) is 10.6 Å². The number of aromatic amines is 1. The van der Waals surface area contributed by atoms with Crippen LogP contribution in [0.4, 0.5) is 0 Å². The van der Waals surface area contributed by atoms with E-state index in [-0.39, 0.29) is 0 Å². The lowest BCUT2D eigenvalue weighted by Crippen LogP contribution is -1.83. The molecule has 0 saturated heterocycles. The number of fused-ring (bicyclic) bond motifs is 1. The van der Waals surface area contributed by atoms with E-state index in [9.17, 15) is 4.79 Å². The van der Waals surface area contributed by atoms with E-state index in [1.54, 1.807) is 7.11 Å². The largest absolute Gasteiger partial charge is 0.497 e. The van der Waals surface area contributed by atoms with Crippen LogP contribution in [0, 0.1) is 0 Å². The fraction of sp³-hybridized carbons (Fsp3) is 0.0667. The molecule has 1 aromatic heterocycles. The number of aromatic nitrogens is 2. The maximum atomic E-state index is 10.7. The summed E-state index contributed by atoms with van der Waals surface area (Å²) in [6, 6.07) is 13.7. The van der Waals surface area contributed by atoms with E-state index in [0.717, 1.165) is 27.9 Å². The smallest absolute Gasteiger partial charge is 0.185 e. The number of nitrogens with zero attached hydrogens (tertiary/aromatic N) is 1. The second-order valence-electron chi connectivity index (χ2n) is 4.20. The molecule has 0 aliphatic rings. The Bertz CT molecular complexity index is 747. The number of nitrogens with one attached hydrogen (secondary N) is 1. The van der Waals surface area contributed by atoms with Crippen LogP contribution < -0.4 is 4.74 Å². The highest BCUT2D eigenvalue weighted by molar-refractivity contribution is 5.85. The fourth-order valence-corrected chi connectivity index (χ4v) is 2.07. The molecule has 2 aromatic carbocycles. The first-order chi connectivity index (χ1) is 9.30. The Hall–Kier alpha value is -2.62. The second-order valence-corrected chi connectivity index (χ2v) is 4.20. The van der Waals surface area contributed by atoms with Gasteiger partial charge in [-0.05, 0) is 35.4 Å². The van der Waals surface area contributed by atoms with Crippen molar-refractivity contribution in [1.82, 2.24) is 9.97 Å². The molecule has 0 bridgehead atoms. The molecule has 0 atom stereocenters. The summed E-state index contributed by atoms with van der Waals surface area (Å²) in [5.74, 6) is 1.16. The molecule has 3 rings (SSSR count). The van der Waals surface area contributed by atoms with E-state index in [2.05, 4.69) is 9.97 Å². The van der Waals surface area contributed by atoms with Gasteiger partial charge in [-0.15, -0.1) is 0 Å². The van der Waals surface area contributed by atoms with E-state index in [4.69, 9.17) is 4.74 Å². The van der Waals surface area contributed by atoms with Crippen molar-refractivity contribution in [1.29, 1.82) is 0 Å². The van der Waals surface area contributed by atoms with Crippen molar-refractivity contribution in [2.45, 2.75) is 0 Å². The van der Waals surface area contributed by atoms with Crippen LogP contribution in [0.25, 0.3) is 22.2 Å². The molecule has 0 fully saturated rings. The summed E-state index contributed by atoms with van der Waals surface area (Å²) in [5.41, 5.74) is 3.74. The molecule has 3 aromatic rings. The Kier molecular flexibility index (Phi) is 2.76. The highest BCUT2D eigenvalue weighted by Gasteiger charge is 2.05. The van der Waals surface area contributed by atoms with Crippen molar-refractivity contribution in [3.8, 4) is 16.9 Å². The highest BCUT2D eigenvalue weighted by Crippen LogP contribution is 2.26. The lowest BCUT2D eigenvalue weighted by atomic mass is 10.1. The summed E-state index contributed by atoms with van der Waals surface area (Å²) < 4.78 is 5.22. The summed E-state index contributed by atoms with van der Waals surface area (Å²) in [5, 5.41) is 0. The van der Waals surface area contributed by atoms with Gasteiger partial charge in [0.1, 0.15) is 5.75 Å². The molecular formula is C15H12N2O2. The first-order valence-corrected chi connectivity index (χ1v) is 5.89. The van der Waals surface area contributed by atoms with Gasteiger partial charge in [0.2, 0.25) is 0 Å². The zero-order valence-electron chi connectivity index (χ0n) is 10.4. The summed E-state index contributed by atoms with van der Waals surface area (Å²) in [7, 11) is 1.65. The van der Waals surface area contributed by atoms with Crippen LogP contribution in [0.5, 0.6) is 5.75 Å². The van der Waals surface area contributed by atoms with Crippen molar-refractivity contribution in [3.05, 3.63) is 48.3 Å². The number of rotatable bonds is 3. The van der Waals surface area contributed by atoms with E-state index in [1.807, 2.05) is 42.5 Å². The Morgan fingerprint density at radius 2 is 2.00 bits per heavy atom. The third kappa shape index (κ3) is 2.08. The quantitative estimate of drug-likeness (QED) is 0.729. The van der Waals surface area contributed by atoms with Crippen molar-refractivity contribution >= 4 is 17.3 Å². The molecule has 0 unspecified atom stereocenters. The fourth-order valence-electron chi connectivity index (χ4n) is 2.07. The molecule has 0 radical (unpaired) electrons. The van der Waals surface area contributed by atoms with Gasteiger partial charge >= 0.3 is 0 Å². The van der Waals surface area contributed by atoms with Crippen molar-refractivity contribution in [2.75, 3.05) is 7.11 Å². The van der Waals surface area contributed by atoms with Crippen molar-refractivity contribution < 1.29 is 9.53 Å². The average molecular weight is 252 g/mol. The minimum atomic E-state index is 0.345. The lowest BCUT2D eigenvalue weighted by Gasteiger charge is -2.04. The van der Waals surface area contributed by atoms with Gasteiger partial charge in [-0.1, -0.05) is 18.2 Å². The molecule has 0 amide bonds. The number of hydrogen-bond acceptors (Lipinski definition) is 3. The molecular weight excluding hydrogens is 240 g/mol. The molecule has 4 nitrogen and oxygen atoms in total. The monoisotopic (exact) mass is 252 g/mol. The van der Waals surface area contributed by atoms with Gasteiger partial charge in [0.25, 0.3) is 0 Å². The van der Waals surface area contributed by atoms with Crippen LogP contribution >= 0.6 is 0 Å². The second kappa shape index (κ2) is 4.57. The number of benzene rings is 2. The Morgan fingerprint density at radius 3 is 2.79 bits per heavy atom.